The third-order valence-corrected chi connectivity index (χ3v) is 3.32. The highest BCUT2D eigenvalue weighted by Gasteiger charge is 2.14. The highest BCUT2D eigenvalue weighted by molar-refractivity contribution is 9.10. The van der Waals surface area contributed by atoms with Gasteiger partial charge in [-0.15, -0.1) is 0 Å². The SMILES string of the molecule is [O-]/[N+](c1ccc(Br)cc1)=[N+](/[O-])c1ccc(Br)cc1. The van der Waals surface area contributed by atoms with Gasteiger partial charge in [0.25, 0.3) is 11.4 Å². The fourth-order valence-electron chi connectivity index (χ4n) is 1.35. The van der Waals surface area contributed by atoms with Crippen molar-refractivity contribution in [2.45, 2.75) is 0 Å². The van der Waals surface area contributed by atoms with Crippen molar-refractivity contribution >= 4 is 43.2 Å². The Balaban J connectivity index is 2.40. The van der Waals surface area contributed by atoms with Gasteiger partial charge in [-0.3, -0.25) is 0 Å². The average Bonchev–Trinajstić information content (AvgIpc) is 2.39. The van der Waals surface area contributed by atoms with E-state index in [2.05, 4.69) is 31.9 Å². The molecule has 0 spiro atoms. The Morgan fingerprint density at radius 2 is 0.889 bits per heavy atom. The summed E-state index contributed by atoms with van der Waals surface area (Å²) in [6.45, 7) is 0. The van der Waals surface area contributed by atoms with Crippen molar-refractivity contribution in [3.63, 3.8) is 0 Å². The summed E-state index contributed by atoms with van der Waals surface area (Å²) in [6.07, 6.45) is 0. The summed E-state index contributed by atoms with van der Waals surface area (Å²) in [5.41, 5.74) is 0.548. The van der Waals surface area contributed by atoms with Crippen LogP contribution in [0.2, 0.25) is 0 Å². The molecule has 0 saturated heterocycles. The number of halogens is 2. The maximum Gasteiger partial charge on any atom is 0.287 e. The van der Waals surface area contributed by atoms with E-state index in [1.54, 1.807) is 48.5 Å². The van der Waals surface area contributed by atoms with E-state index in [1.807, 2.05) is 0 Å². The van der Waals surface area contributed by atoms with E-state index in [-0.39, 0.29) is 11.4 Å². The van der Waals surface area contributed by atoms with Crippen molar-refractivity contribution in [3.8, 4) is 0 Å². The minimum Gasteiger partial charge on any atom is -0.561 e. The molecule has 2 aromatic rings. The molecule has 0 N–H and O–H groups in total. The summed E-state index contributed by atoms with van der Waals surface area (Å²) in [4.78, 5) is 0.603. The van der Waals surface area contributed by atoms with Gasteiger partial charge in [0.2, 0.25) is 0 Å². The molecular weight excluding hydrogens is 364 g/mol. The van der Waals surface area contributed by atoms with Crippen LogP contribution in [0, 0.1) is 10.4 Å². The van der Waals surface area contributed by atoms with Crippen LogP contribution in [0.3, 0.4) is 0 Å². The van der Waals surface area contributed by atoms with Crippen molar-refractivity contribution in [2.24, 2.45) is 0 Å². The first-order chi connectivity index (χ1) is 8.58. The van der Waals surface area contributed by atoms with Crippen LogP contribution in [0.1, 0.15) is 0 Å². The van der Waals surface area contributed by atoms with E-state index in [0.717, 1.165) is 8.95 Å². The lowest BCUT2D eigenvalue weighted by molar-refractivity contribution is -0.896. The van der Waals surface area contributed by atoms with E-state index in [1.165, 1.54) is 0 Å². The first kappa shape index (κ1) is 13.0. The molecule has 0 bridgehead atoms. The molecule has 0 heterocycles. The van der Waals surface area contributed by atoms with Crippen LogP contribution < -0.4 is 0 Å². The lowest BCUT2D eigenvalue weighted by Crippen LogP contribution is -2.08. The fraction of sp³-hybridized carbons (Fsp3) is 0. The maximum absolute atomic E-state index is 11.8. The van der Waals surface area contributed by atoms with Crippen LogP contribution in [0.25, 0.3) is 0 Å². The zero-order chi connectivity index (χ0) is 13.1. The van der Waals surface area contributed by atoms with Crippen molar-refractivity contribution in [1.82, 2.24) is 0 Å². The van der Waals surface area contributed by atoms with Crippen LogP contribution in [0.15, 0.2) is 57.5 Å². The zero-order valence-electron chi connectivity index (χ0n) is 9.09. The fourth-order valence-corrected chi connectivity index (χ4v) is 1.88. The number of hydrogen-bond acceptors (Lipinski definition) is 2. The van der Waals surface area contributed by atoms with Gasteiger partial charge in [0, 0.05) is 33.2 Å². The molecule has 0 amide bonds. The van der Waals surface area contributed by atoms with Gasteiger partial charge >= 0.3 is 0 Å². The van der Waals surface area contributed by atoms with Gasteiger partial charge in [-0.2, -0.15) is 0 Å². The van der Waals surface area contributed by atoms with Crippen molar-refractivity contribution in [1.29, 1.82) is 0 Å². The minimum absolute atomic E-state index is 0.274. The molecule has 0 aliphatic carbocycles. The molecule has 0 atom stereocenters. The molecule has 0 aliphatic rings. The number of hydrogen-bond donors (Lipinski definition) is 0. The second-order valence-electron chi connectivity index (χ2n) is 3.50. The molecule has 0 aliphatic heterocycles. The Labute approximate surface area is 121 Å². The van der Waals surface area contributed by atoms with Crippen LogP contribution in [0.4, 0.5) is 11.4 Å². The second kappa shape index (κ2) is 5.49. The molecule has 0 radical (unpaired) electrons. The van der Waals surface area contributed by atoms with Crippen LogP contribution >= 0.6 is 31.9 Å². The molecule has 0 aromatic heterocycles. The predicted octanol–water partition coefficient (Wildman–Crippen LogP) is 4.65. The van der Waals surface area contributed by atoms with E-state index in [4.69, 9.17) is 0 Å². The molecule has 18 heavy (non-hydrogen) atoms. The normalized spacial score (nSPS) is 12.1. The molecule has 2 rings (SSSR count). The third-order valence-electron chi connectivity index (χ3n) is 2.26. The Kier molecular flexibility index (Phi) is 3.98. The summed E-state index contributed by atoms with van der Waals surface area (Å²) in [6, 6.07) is 13.1. The van der Waals surface area contributed by atoms with E-state index < -0.39 is 0 Å². The molecule has 92 valence electrons. The lowest BCUT2D eigenvalue weighted by Gasteiger charge is -2.02. The van der Waals surface area contributed by atoms with Crippen molar-refractivity contribution < 1.29 is 9.72 Å². The second-order valence-corrected chi connectivity index (χ2v) is 5.33. The molecular formula is C12H8Br2N2O2. The summed E-state index contributed by atoms with van der Waals surface area (Å²) < 4.78 is 1.70. The lowest BCUT2D eigenvalue weighted by atomic mass is 10.3. The van der Waals surface area contributed by atoms with Gasteiger partial charge in [0.1, 0.15) is 0 Å². The van der Waals surface area contributed by atoms with Crippen molar-refractivity contribution in [2.75, 3.05) is 0 Å². The molecule has 0 fully saturated rings. The summed E-state index contributed by atoms with van der Waals surface area (Å²) in [7, 11) is 0. The van der Waals surface area contributed by atoms with E-state index >= 15 is 0 Å². The first-order valence-electron chi connectivity index (χ1n) is 5.03. The van der Waals surface area contributed by atoms with Crippen molar-refractivity contribution in [3.05, 3.63) is 67.9 Å². The van der Waals surface area contributed by atoms with Gasteiger partial charge in [-0.25, -0.2) is 0 Å². The summed E-state index contributed by atoms with van der Waals surface area (Å²) in [5.74, 6) is 0. The largest absolute Gasteiger partial charge is 0.561 e. The molecule has 0 unspecified atom stereocenters. The van der Waals surface area contributed by atoms with Crippen LogP contribution in [0.5, 0.6) is 0 Å². The number of rotatable bonds is 2. The van der Waals surface area contributed by atoms with Gasteiger partial charge < -0.3 is 10.4 Å². The topological polar surface area (TPSA) is 52.1 Å². The molecule has 2 aromatic carbocycles. The summed E-state index contributed by atoms with van der Waals surface area (Å²) >= 11 is 6.53. The van der Waals surface area contributed by atoms with Gasteiger partial charge in [0.05, 0.1) is 9.72 Å². The van der Waals surface area contributed by atoms with Crippen LogP contribution in [-0.4, -0.2) is 9.72 Å². The zero-order valence-corrected chi connectivity index (χ0v) is 12.3. The highest BCUT2D eigenvalue weighted by atomic mass is 79.9. The van der Waals surface area contributed by atoms with Gasteiger partial charge in [-0.05, 0) is 24.3 Å². The number of nitrogens with zero attached hydrogens (tertiary/aromatic N) is 2. The first-order valence-corrected chi connectivity index (χ1v) is 6.62. The Bertz CT molecular complexity index is 527. The van der Waals surface area contributed by atoms with Crippen LogP contribution in [-0.2, 0) is 0 Å². The Morgan fingerprint density at radius 3 is 1.17 bits per heavy atom. The van der Waals surface area contributed by atoms with E-state index in [9.17, 15) is 10.4 Å². The predicted molar refractivity (Wildman–Crippen MR) is 74.9 cm³/mol. The number of azo groups is 1. The molecule has 4 nitrogen and oxygen atoms in total. The monoisotopic (exact) mass is 370 g/mol. The highest BCUT2D eigenvalue weighted by Crippen LogP contribution is 2.20. The molecule has 0 saturated carbocycles. The standard InChI is InChI=1S/C12H8Br2N2O2/c13-9-1-5-11(6-2-9)15(17)16(18)12-7-3-10(14)4-8-12/h1-8H/b16-15+. The quantitative estimate of drug-likeness (QED) is 0.438. The van der Waals surface area contributed by atoms with E-state index in [0.29, 0.717) is 9.72 Å². The van der Waals surface area contributed by atoms with Gasteiger partial charge in [-0.1, -0.05) is 31.9 Å². The average molecular weight is 372 g/mol. The Morgan fingerprint density at radius 1 is 0.611 bits per heavy atom. The maximum atomic E-state index is 11.8. The summed E-state index contributed by atoms with van der Waals surface area (Å²) in [5, 5.41) is 23.7. The number of benzene rings is 2. The third kappa shape index (κ3) is 2.88. The smallest absolute Gasteiger partial charge is 0.287 e. The Hall–Kier alpha value is -1.40. The minimum atomic E-state index is 0.274. The van der Waals surface area contributed by atoms with Gasteiger partial charge in [0.15, 0.2) is 0 Å². The molecule has 6 heteroatoms.